The summed E-state index contributed by atoms with van der Waals surface area (Å²) in [6.07, 6.45) is 4.02. The Morgan fingerprint density at radius 1 is 0.891 bits per heavy atom. The molecule has 288 valence electrons. The van der Waals surface area contributed by atoms with Crippen LogP contribution in [0, 0.1) is 13.8 Å². The van der Waals surface area contributed by atoms with Crippen LogP contribution in [0.25, 0.3) is 22.3 Å². The van der Waals surface area contributed by atoms with E-state index in [1.807, 2.05) is 13.1 Å². The van der Waals surface area contributed by atoms with E-state index in [2.05, 4.69) is 89.4 Å². The number of carbonyl (C=O) groups is 1. The molecule has 6 rings (SSSR count). The number of aromatic nitrogens is 1. The zero-order valence-electron chi connectivity index (χ0n) is 31.5. The molecule has 10 nitrogen and oxygen atoms in total. The van der Waals surface area contributed by atoms with E-state index in [9.17, 15) is 15.0 Å². The van der Waals surface area contributed by atoms with Gasteiger partial charge in [0.1, 0.15) is 24.7 Å². The maximum Gasteiger partial charge on any atom is 0.306 e. The number of hydrogen-bond donors (Lipinski definition) is 6. The van der Waals surface area contributed by atoms with Crippen molar-refractivity contribution in [1.82, 2.24) is 15.6 Å². The van der Waals surface area contributed by atoms with Crippen LogP contribution in [0.1, 0.15) is 45.4 Å². The summed E-state index contributed by atoms with van der Waals surface area (Å²) in [6.45, 7) is 5.95. The molecule has 5 aromatic rings. The molecule has 0 aliphatic heterocycles. The van der Waals surface area contributed by atoms with Gasteiger partial charge in [0.2, 0.25) is 0 Å². The van der Waals surface area contributed by atoms with Gasteiger partial charge in [-0.05, 0) is 88.9 Å². The van der Waals surface area contributed by atoms with E-state index in [0.29, 0.717) is 29.1 Å². The Morgan fingerprint density at radius 2 is 1.64 bits per heavy atom. The molecule has 0 bridgehead atoms. The molecule has 1 unspecified atom stereocenters. The number of ether oxygens (including phenoxy) is 2. The van der Waals surface area contributed by atoms with Crippen molar-refractivity contribution in [2.24, 2.45) is 0 Å². The molecule has 2 atom stereocenters. The van der Waals surface area contributed by atoms with Crippen molar-refractivity contribution in [1.29, 1.82) is 0 Å². The molecule has 1 heterocycles. The van der Waals surface area contributed by atoms with E-state index in [1.54, 1.807) is 24.5 Å². The first-order valence-corrected chi connectivity index (χ1v) is 19.0. The lowest BCUT2D eigenvalue weighted by Crippen LogP contribution is -2.31. The Kier molecular flexibility index (Phi) is 13.4. The van der Waals surface area contributed by atoms with E-state index < -0.39 is 12.1 Å². The van der Waals surface area contributed by atoms with E-state index >= 15 is 0 Å². The number of anilines is 1. The van der Waals surface area contributed by atoms with Gasteiger partial charge in [0.05, 0.1) is 29.8 Å². The van der Waals surface area contributed by atoms with Crippen molar-refractivity contribution in [2.75, 3.05) is 32.1 Å². The van der Waals surface area contributed by atoms with Crippen LogP contribution in [0.3, 0.4) is 0 Å². The first-order chi connectivity index (χ1) is 26.6. The lowest BCUT2D eigenvalue weighted by atomic mass is 9.89. The minimum Gasteiger partial charge on any atom is -0.488 e. The van der Waals surface area contributed by atoms with Crippen LogP contribution < -0.4 is 25.4 Å². The Morgan fingerprint density at radius 3 is 2.42 bits per heavy atom. The van der Waals surface area contributed by atoms with Gasteiger partial charge in [0, 0.05) is 62.3 Å². The second-order valence-corrected chi connectivity index (χ2v) is 14.4. The monoisotopic (exact) mass is 764 g/mol. The van der Waals surface area contributed by atoms with Gasteiger partial charge in [-0.15, -0.1) is 0 Å². The maximum absolute atomic E-state index is 11.0. The molecule has 55 heavy (non-hydrogen) atoms. The number of hydrogen-bond acceptors (Lipinski definition) is 9. The van der Waals surface area contributed by atoms with Crippen molar-refractivity contribution in [3.8, 4) is 33.8 Å². The van der Waals surface area contributed by atoms with Crippen LogP contribution in [0.2, 0.25) is 5.02 Å². The van der Waals surface area contributed by atoms with Crippen molar-refractivity contribution in [2.45, 2.75) is 65.0 Å². The summed E-state index contributed by atoms with van der Waals surface area (Å²) in [5, 5.41) is 38.4. The van der Waals surface area contributed by atoms with E-state index in [0.717, 1.165) is 51.9 Å². The van der Waals surface area contributed by atoms with Gasteiger partial charge in [-0.1, -0.05) is 66.2 Å². The fourth-order valence-electron chi connectivity index (χ4n) is 7.20. The van der Waals surface area contributed by atoms with E-state index in [1.165, 1.54) is 27.8 Å². The lowest BCUT2D eigenvalue weighted by molar-refractivity contribution is -0.139. The summed E-state index contributed by atoms with van der Waals surface area (Å²) in [5.74, 6) is -0.0693. The smallest absolute Gasteiger partial charge is 0.306 e. The molecule has 0 saturated heterocycles. The number of aliphatic hydroxyl groups excluding tert-OH is 2. The Labute approximate surface area is 327 Å². The van der Waals surface area contributed by atoms with Crippen LogP contribution in [0.15, 0.2) is 85.2 Å². The number of nitrogens with one attached hydrogen (secondary N) is 3. The predicted molar refractivity (Wildman–Crippen MR) is 217 cm³/mol. The first kappa shape index (κ1) is 39.7. The highest BCUT2D eigenvalue weighted by Crippen LogP contribution is 2.38. The number of aliphatic carboxylic acids is 1. The summed E-state index contributed by atoms with van der Waals surface area (Å²) in [4.78, 5) is 15.3. The summed E-state index contributed by atoms with van der Waals surface area (Å²) >= 11 is 6.80. The minimum atomic E-state index is -1.07. The number of carboxylic acids is 1. The molecule has 0 fully saturated rings. The summed E-state index contributed by atoms with van der Waals surface area (Å²) in [6, 6.07) is 25.4. The maximum atomic E-state index is 11.0. The third kappa shape index (κ3) is 10.0. The molecule has 1 aliphatic carbocycles. The molecule has 0 amide bonds. The van der Waals surface area contributed by atoms with Crippen LogP contribution in [-0.4, -0.2) is 65.2 Å². The molecule has 4 aromatic carbocycles. The zero-order chi connectivity index (χ0) is 38.9. The molecule has 0 saturated carbocycles. The van der Waals surface area contributed by atoms with Gasteiger partial charge in [-0.25, -0.2) is 0 Å². The Bertz CT molecular complexity index is 2130. The fraction of sp³-hybridized carbons (Fsp3) is 0.318. The first-order valence-electron chi connectivity index (χ1n) is 18.6. The number of halogens is 1. The quantitative estimate of drug-likeness (QED) is 0.0560. The van der Waals surface area contributed by atoms with Gasteiger partial charge < -0.3 is 40.7 Å². The number of nitrogens with zero attached hydrogens (tertiary/aromatic N) is 1. The summed E-state index contributed by atoms with van der Waals surface area (Å²) in [7, 11) is 1.83. The van der Waals surface area contributed by atoms with Gasteiger partial charge in [-0.2, -0.15) is 0 Å². The van der Waals surface area contributed by atoms with Crippen molar-refractivity contribution in [3.63, 3.8) is 0 Å². The van der Waals surface area contributed by atoms with Crippen LogP contribution in [-0.2, 0) is 37.4 Å². The van der Waals surface area contributed by atoms with Gasteiger partial charge in [0.15, 0.2) is 0 Å². The van der Waals surface area contributed by atoms with Crippen LogP contribution >= 0.6 is 11.6 Å². The van der Waals surface area contributed by atoms with Crippen molar-refractivity contribution in [3.05, 3.63) is 129 Å². The summed E-state index contributed by atoms with van der Waals surface area (Å²) < 4.78 is 12.7. The van der Waals surface area contributed by atoms with Crippen molar-refractivity contribution >= 4 is 23.3 Å². The zero-order valence-corrected chi connectivity index (χ0v) is 32.2. The SMILES string of the molecule is CNc1cncc(COc2cc(OCc3cccc(-c4cccc(-c5ccc6c(c5)CC(NCCO)C6)c4C)c3C)c(Cl)cc2CNC[C@@H](O)CC(=O)O)c1. The molecule has 1 aromatic heterocycles. The summed E-state index contributed by atoms with van der Waals surface area (Å²) in [5.41, 5.74) is 13.2. The molecule has 0 spiro atoms. The Balaban J connectivity index is 1.21. The predicted octanol–water partition coefficient (Wildman–Crippen LogP) is 6.86. The van der Waals surface area contributed by atoms with Crippen molar-refractivity contribution < 1.29 is 29.6 Å². The molecule has 1 aliphatic rings. The van der Waals surface area contributed by atoms with Gasteiger partial charge in [-0.3, -0.25) is 9.78 Å². The van der Waals surface area contributed by atoms with Crippen LogP contribution in [0.4, 0.5) is 5.69 Å². The number of benzene rings is 4. The normalized spacial score (nSPS) is 14.0. The molecule has 0 radical (unpaired) electrons. The number of fused-ring (bicyclic) bond motifs is 1. The number of rotatable bonds is 18. The third-order valence-corrected chi connectivity index (χ3v) is 10.4. The number of pyridine rings is 1. The standard InChI is InChI=1S/C44H49ClN4O6/c1-27-32(6-4-8-39(27)40-9-5-7-38(28(40)2)31-11-10-30-16-35(49-12-13-50)17-33(30)15-31)26-55-43-20-42(54-25-29-14-36(46-3)23-47-21-29)34(18-41(43)45)22-48-24-37(51)19-44(52)53/h4-11,14-15,18,20-21,23,35,37,46,48-51H,12-13,16-17,19,22,24-26H2,1-3H3,(H,52,53)/t35?,37-/m0/s1. The lowest BCUT2D eigenvalue weighted by Gasteiger charge is -2.19. The third-order valence-electron chi connectivity index (χ3n) is 10.1. The second-order valence-electron chi connectivity index (χ2n) is 14.0. The average Bonchev–Trinajstić information content (AvgIpc) is 3.59. The topological polar surface area (TPSA) is 145 Å². The minimum absolute atomic E-state index is 0.0886. The molecular formula is C44H49ClN4O6. The largest absolute Gasteiger partial charge is 0.488 e. The highest BCUT2D eigenvalue weighted by Gasteiger charge is 2.22. The van der Waals surface area contributed by atoms with Crippen LogP contribution in [0.5, 0.6) is 11.5 Å². The highest BCUT2D eigenvalue weighted by atomic mass is 35.5. The molecule has 11 heteroatoms. The fourth-order valence-corrected chi connectivity index (χ4v) is 7.44. The highest BCUT2D eigenvalue weighted by molar-refractivity contribution is 6.32. The Hall–Kier alpha value is -4.97. The molecule has 6 N–H and O–H groups in total. The van der Waals surface area contributed by atoms with E-state index in [-0.39, 0.29) is 39.3 Å². The van der Waals surface area contributed by atoms with Gasteiger partial charge >= 0.3 is 5.97 Å². The second kappa shape index (κ2) is 18.6. The number of carboxylic acid groups (broad SMARTS) is 1. The molecular weight excluding hydrogens is 716 g/mol. The number of aliphatic hydroxyl groups is 2. The van der Waals surface area contributed by atoms with E-state index in [4.69, 9.17) is 26.2 Å². The average molecular weight is 765 g/mol. The van der Waals surface area contributed by atoms with Gasteiger partial charge in [0.25, 0.3) is 0 Å².